The molecule has 0 saturated carbocycles. The summed E-state index contributed by atoms with van der Waals surface area (Å²) in [6, 6.07) is 8.95. The van der Waals surface area contributed by atoms with Crippen LogP contribution in [0.1, 0.15) is 31.2 Å². The first-order valence-corrected chi connectivity index (χ1v) is 6.04. The van der Waals surface area contributed by atoms with Crippen molar-refractivity contribution in [2.75, 3.05) is 6.54 Å². The van der Waals surface area contributed by atoms with E-state index in [1.54, 1.807) is 0 Å². The second-order valence-corrected chi connectivity index (χ2v) is 4.76. The Bertz CT molecular complexity index is 488. The number of piperidine rings is 1. The van der Waals surface area contributed by atoms with Crippen LogP contribution in [0, 0.1) is 0 Å². The van der Waals surface area contributed by atoms with Gasteiger partial charge in [0.2, 0.25) is 0 Å². The molecule has 84 valence electrons. The number of para-hydroxylation sites is 1. The van der Waals surface area contributed by atoms with Crippen LogP contribution in [0.3, 0.4) is 0 Å². The average molecular weight is 215 g/mol. The zero-order chi connectivity index (χ0) is 11.0. The van der Waals surface area contributed by atoms with Crippen LogP contribution in [0.15, 0.2) is 34.9 Å². The topological polar surface area (TPSA) is 25.2 Å². The van der Waals surface area contributed by atoms with Crippen molar-refractivity contribution in [2.24, 2.45) is 0 Å². The van der Waals surface area contributed by atoms with Gasteiger partial charge in [-0.25, -0.2) is 0 Å². The average Bonchev–Trinajstić information content (AvgIpc) is 2.72. The predicted molar refractivity (Wildman–Crippen MR) is 65.7 cm³/mol. The molecule has 0 bridgehead atoms. The molecule has 1 aromatic heterocycles. The van der Waals surface area contributed by atoms with Crippen molar-refractivity contribution >= 4 is 11.0 Å². The van der Waals surface area contributed by atoms with Crippen LogP contribution in [0.2, 0.25) is 0 Å². The van der Waals surface area contributed by atoms with Crippen LogP contribution in [0.5, 0.6) is 0 Å². The first kappa shape index (κ1) is 9.91. The third-order valence-electron chi connectivity index (χ3n) is 3.57. The Morgan fingerprint density at radius 1 is 1.31 bits per heavy atom. The standard InChI is InChI=1S/C14H17NO/c1-10-8-11(6-7-15-10)13-9-16-14-5-3-2-4-12(13)14/h2-5,9-11,15H,6-8H2,1H3. The van der Waals surface area contributed by atoms with Gasteiger partial charge in [0.05, 0.1) is 6.26 Å². The van der Waals surface area contributed by atoms with Crippen LogP contribution in [-0.2, 0) is 0 Å². The van der Waals surface area contributed by atoms with E-state index >= 15 is 0 Å². The number of hydrogen-bond acceptors (Lipinski definition) is 2. The second kappa shape index (κ2) is 3.95. The largest absolute Gasteiger partial charge is 0.464 e. The van der Waals surface area contributed by atoms with E-state index in [2.05, 4.69) is 24.4 Å². The van der Waals surface area contributed by atoms with Crippen LogP contribution in [0.25, 0.3) is 11.0 Å². The lowest BCUT2D eigenvalue weighted by molar-refractivity contribution is 0.380. The van der Waals surface area contributed by atoms with Crippen molar-refractivity contribution in [3.05, 3.63) is 36.1 Å². The van der Waals surface area contributed by atoms with E-state index in [0.29, 0.717) is 12.0 Å². The predicted octanol–water partition coefficient (Wildman–Crippen LogP) is 3.29. The molecular weight excluding hydrogens is 198 g/mol. The summed E-state index contributed by atoms with van der Waals surface area (Å²) < 4.78 is 5.62. The van der Waals surface area contributed by atoms with Gasteiger partial charge in [-0.15, -0.1) is 0 Å². The lowest BCUT2D eigenvalue weighted by atomic mass is 9.87. The summed E-state index contributed by atoms with van der Waals surface area (Å²) >= 11 is 0. The van der Waals surface area contributed by atoms with Gasteiger partial charge in [-0.3, -0.25) is 0 Å². The molecule has 2 heterocycles. The van der Waals surface area contributed by atoms with Crippen molar-refractivity contribution in [1.29, 1.82) is 0 Å². The van der Waals surface area contributed by atoms with Crippen molar-refractivity contribution in [3.8, 4) is 0 Å². The van der Waals surface area contributed by atoms with Gasteiger partial charge in [0.25, 0.3) is 0 Å². The highest BCUT2D eigenvalue weighted by Gasteiger charge is 2.22. The van der Waals surface area contributed by atoms with Gasteiger partial charge in [0.15, 0.2) is 0 Å². The van der Waals surface area contributed by atoms with Crippen molar-refractivity contribution in [3.63, 3.8) is 0 Å². The second-order valence-electron chi connectivity index (χ2n) is 4.76. The summed E-state index contributed by atoms with van der Waals surface area (Å²) in [7, 11) is 0. The minimum Gasteiger partial charge on any atom is -0.464 e. The minimum atomic E-state index is 0.618. The number of nitrogens with one attached hydrogen (secondary N) is 1. The minimum absolute atomic E-state index is 0.618. The highest BCUT2D eigenvalue weighted by atomic mass is 16.3. The summed E-state index contributed by atoms with van der Waals surface area (Å²) in [5, 5.41) is 4.78. The Hall–Kier alpha value is -1.28. The maximum Gasteiger partial charge on any atom is 0.134 e. The molecule has 0 aliphatic carbocycles. The van der Waals surface area contributed by atoms with Crippen LogP contribution in [0.4, 0.5) is 0 Å². The molecule has 1 N–H and O–H groups in total. The molecule has 1 aliphatic rings. The first-order chi connectivity index (χ1) is 7.84. The third-order valence-corrected chi connectivity index (χ3v) is 3.57. The van der Waals surface area contributed by atoms with Crippen LogP contribution < -0.4 is 5.32 Å². The van der Waals surface area contributed by atoms with E-state index in [1.807, 2.05) is 18.4 Å². The first-order valence-electron chi connectivity index (χ1n) is 6.04. The molecule has 2 nitrogen and oxygen atoms in total. The van der Waals surface area contributed by atoms with Crippen LogP contribution in [-0.4, -0.2) is 12.6 Å². The number of fused-ring (bicyclic) bond motifs is 1. The number of benzene rings is 1. The SMILES string of the molecule is CC1CC(c2coc3ccccc23)CCN1. The summed E-state index contributed by atoms with van der Waals surface area (Å²) in [6.45, 7) is 3.37. The maximum atomic E-state index is 5.62. The van der Waals surface area contributed by atoms with Crippen molar-refractivity contribution in [1.82, 2.24) is 5.32 Å². The lowest BCUT2D eigenvalue weighted by Gasteiger charge is -2.27. The Morgan fingerprint density at radius 2 is 2.19 bits per heavy atom. The lowest BCUT2D eigenvalue weighted by Crippen LogP contribution is -2.34. The van der Waals surface area contributed by atoms with Crippen LogP contribution >= 0.6 is 0 Å². The highest BCUT2D eigenvalue weighted by molar-refractivity contribution is 5.81. The van der Waals surface area contributed by atoms with E-state index in [1.165, 1.54) is 23.8 Å². The molecule has 0 amide bonds. The molecule has 0 radical (unpaired) electrons. The van der Waals surface area contributed by atoms with E-state index in [-0.39, 0.29) is 0 Å². The van der Waals surface area contributed by atoms with Gasteiger partial charge < -0.3 is 9.73 Å². The molecule has 2 aromatic rings. The van der Waals surface area contributed by atoms with Crippen molar-refractivity contribution in [2.45, 2.75) is 31.7 Å². The number of rotatable bonds is 1. The quantitative estimate of drug-likeness (QED) is 0.789. The van der Waals surface area contributed by atoms with Gasteiger partial charge in [0, 0.05) is 17.0 Å². The van der Waals surface area contributed by atoms with E-state index in [9.17, 15) is 0 Å². The molecule has 1 fully saturated rings. The monoisotopic (exact) mass is 215 g/mol. The summed E-state index contributed by atoms with van der Waals surface area (Å²) in [4.78, 5) is 0. The molecule has 2 unspecified atom stereocenters. The zero-order valence-corrected chi connectivity index (χ0v) is 9.57. The van der Waals surface area contributed by atoms with Gasteiger partial charge >= 0.3 is 0 Å². The molecule has 1 aromatic carbocycles. The maximum absolute atomic E-state index is 5.62. The zero-order valence-electron chi connectivity index (χ0n) is 9.57. The molecule has 2 heteroatoms. The Morgan fingerprint density at radius 3 is 3.06 bits per heavy atom. The smallest absolute Gasteiger partial charge is 0.134 e. The molecule has 2 atom stereocenters. The molecule has 1 saturated heterocycles. The fourth-order valence-corrected chi connectivity index (χ4v) is 2.73. The van der Waals surface area contributed by atoms with E-state index in [0.717, 1.165) is 12.1 Å². The van der Waals surface area contributed by atoms with Gasteiger partial charge in [-0.2, -0.15) is 0 Å². The molecular formula is C14H17NO. The normalized spacial score (nSPS) is 26.1. The number of furan rings is 1. The van der Waals surface area contributed by atoms with Gasteiger partial charge in [-0.1, -0.05) is 18.2 Å². The van der Waals surface area contributed by atoms with Crippen molar-refractivity contribution < 1.29 is 4.42 Å². The van der Waals surface area contributed by atoms with E-state index < -0.39 is 0 Å². The molecule has 16 heavy (non-hydrogen) atoms. The van der Waals surface area contributed by atoms with Gasteiger partial charge in [-0.05, 0) is 38.3 Å². The highest BCUT2D eigenvalue weighted by Crippen LogP contribution is 2.33. The molecule has 0 spiro atoms. The van der Waals surface area contributed by atoms with E-state index in [4.69, 9.17) is 4.42 Å². The fourth-order valence-electron chi connectivity index (χ4n) is 2.73. The summed E-state index contributed by atoms with van der Waals surface area (Å²) in [5.41, 5.74) is 2.41. The Kier molecular flexibility index (Phi) is 2.44. The summed E-state index contributed by atoms with van der Waals surface area (Å²) in [5.74, 6) is 0.653. The molecule has 1 aliphatic heterocycles. The Labute approximate surface area is 95.6 Å². The molecule has 3 rings (SSSR count). The Balaban J connectivity index is 1.99. The fraction of sp³-hybridized carbons (Fsp3) is 0.429. The summed E-state index contributed by atoms with van der Waals surface area (Å²) in [6.07, 6.45) is 4.38. The third kappa shape index (κ3) is 1.63. The number of hydrogen-bond donors (Lipinski definition) is 1. The van der Waals surface area contributed by atoms with Gasteiger partial charge in [0.1, 0.15) is 5.58 Å².